The molecule has 0 bridgehead atoms. The summed E-state index contributed by atoms with van der Waals surface area (Å²) in [4.78, 5) is 11.5. The van der Waals surface area contributed by atoms with Crippen LogP contribution in [-0.4, -0.2) is 24.3 Å². The van der Waals surface area contributed by atoms with Crippen LogP contribution in [0.2, 0.25) is 10.0 Å². The second-order valence-electron chi connectivity index (χ2n) is 4.51. The van der Waals surface area contributed by atoms with Crippen molar-refractivity contribution in [3.05, 3.63) is 58.1 Å². The zero-order valence-electron chi connectivity index (χ0n) is 11.8. The molecule has 4 nitrogen and oxygen atoms in total. The first kappa shape index (κ1) is 16.5. The molecule has 0 unspecified atom stereocenters. The van der Waals surface area contributed by atoms with Crippen LogP contribution in [0.1, 0.15) is 5.56 Å². The largest absolute Gasteiger partial charge is 0.493 e. The van der Waals surface area contributed by atoms with E-state index in [4.69, 9.17) is 32.7 Å². The molecule has 0 aromatic heterocycles. The molecule has 116 valence electrons. The molecular formula is C16H14Cl2O4. The minimum atomic E-state index is -1.10. The first-order chi connectivity index (χ1) is 10.5. The number of para-hydroxylation sites is 2. The van der Waals surface area contributed by atoms with Gasteiger partial charge in [0.05, 0.1) is 17.2 Å². The fourth-order valence-corrected chi connectivity index (χ4v) is 2.35. The van der Waals surface area contributed by atoms with Crippen molar-refractivity contribution in [1.82, 2.24) is 0 Å². The molecule has 22 heavy (non-hydrogen) atoms. The molecule has 0 saturated heterocycles. The van der Waals surface area contributed by atoms with E-state index in [0.29, 0.717) is 27.1 Å². The van der Waals surface area contributed by atoms with Crippen LogP contribution in [0.15, 0.2) is 42.5 Å². The lowest BCUT2D eigenvalue weighted by Gasteiger charge is -2.18. The number of rotatable bonds is 6. The summed E-state index contributed by atoms with van der Waals surface area (Å²) in [6.07, 6.45) is -1.01. The Morgan fingerprint density at radius 1 is 1.14 bits per heavy atom. The number of hydrogen-bond donors (Lipinski definition) is 1. The van der Waals surface area contributed by atoms with Gasteiger partial charge in [-0.15, -0.1) is 0 Å². The molecule has 0 aliphatic carbocycles. The zero-order valence-corrected chi connectivity index (χ0v) is 13.3. The smallest absolute Gasteiger partial charge is 0.345 e. The van der Waals surface area contributed by atoms with E-state index in [-0.39, 0.29) is 6.42 Å². The molecule has 2 aromatic rings. The number of hydrogen-bond acceptors (Lipinski definition) is 3. The molecule has 2 aromatic carbocycles. The van der Waals surface area contributed by atoms with Crippen molar-refractivity contribution in [3.63, 3.8) is 0 Å². The SMILES string of the molecule is COc1ccccc1O[C@H](Cc1cccc(Cl)c1Cl)C(=O)O. The molecule has 0 heterocycles. The van der Waals surface area contributed by atoms with Crippen molar-refractivity contribution in [2.45, 2.75) is 12.5 Å². The average Bonchev–Trinajstić information content (AvgIpc) is 2.51. The molecule has 0 spiro atoms. The summed E-state index contributed by atoms with van der Waals surface area (Å²) < 4.78 is 10.7. The predicted molar refractivity (Wildman–Crippen MR) is 85.2 cm³/mol. The standard InChI is InChI=1S/C16H14Cl2O4/c1-21-12-7-2-3-8-13(12)22-14(16(19)20)9-10-5-4-6-11(17)15(10)18/h2-8,14H,9H2,1H3,(H,19,20)/t14-/m1/s1. The third kappa shape index (κ3) is 3.84. The van der Waals surface area contributed by atoms with Crippen LogP contribution in [0.3, 0.4) is 0 Å². The van der Waals surface area contributed by atoms with Gasteiger partial charge in [0.15, 0.2) is 17.6 Å². The van der Waals surface area contributed by atoms with Crippen molar-refractivity contribution in [3.8, 4) is 11.5 Å². The molecule has 0 fully saturated rings. The number of aliphatic carboxylic acids is 1. The van der Waals surface area contributed by atoms with Crippen LogP contribution in [0.25, 0.3) is 0 Å². The van der Waals surface area contributed by atoms with Gasteiger partial charge in [-0.2, -0.15) is 0 Å². The van der Waals surface area contributed by atoms with Gasteiger partial charge in [0.1, 0.15) is 0 Å². The fourth-order valence-electron chi connectivity index (χ4n) is 1.95. The average molecular weight is 341 g/mol. The van der Waals surface area contributed by atoms with E-state index in [1.807, 2.05) is 0 Å². The van der Waals surface area contributed by atoms with Crippen molar-refractivity contribution < 1.29 is 19.4 Å². The number of carbonyl (C=O) groups is 1. The molecule has 0 amide bonds. The van der Waals surface area contributed by atoms with E-state index in [1.165, 1.54) is 7.11 Å². The predicted octanol–water partition coefficient (Wildman–Crippen LogP) is 4.08. The van der Waals surface area contributed by atoms with E-state index < -0.39 is 12.1 Å². The van der Waals surface area contributed by atoms with Crippen LogP contribution >= 0.6 is 23.2 Å². The van der Waals surface area contributed by atoms with Gasteiger partial charge >= 0.3 is 5.97 Å². The molecule has 6 heteroatoms. The van der Waals surface area contributed by atoms with Crippen molar-refractivity contribution in [1.29, 1.82) is 0 Å². The number of ether oxygens (including phenoxy) is 2. The van der Waals surface area contributed by atoms with Gasteiger partial charge in [0.25, 0.3) is 0 Å². The summed E-state index contributed by atoms with van der Waals surface area (Å²) in [6, 6.07) is 11.9. The summed E-state index contributed by atoms with van der Waals surface area (Å²) in [5.74, 6) is -0.275. The van der Waals surface area contributed by atoms with Gasteiger partial charge in [0.2, 0.25) is 0 Å². The zero-order chi connectivity index (χ0) is 16.1. The van der Waals surface area contributed by atoms with Crippen LogP contribution in [0.4, 0.5) is 0 Å². The minimum absolute atomic E-state index is 0.0901. The highest BCUT2D eigenvalue weighted by Gasteiger charge is 2.23. The third-order valence-electron chi connectivity index (χ3n) is 3.05. The lowest BCUT2D eigenvalue weighted by Crippen LogP contribution is -2.29. The highest BCUT2D eigenvalue weighted by molar-refractivity contribution is 6.42. The quantitative estimate of drug-likeness (QED) is 0.860. The summed E-state index contributed by atoms with van der Waals surface area (Å²) in [6.45, 7) is 0. The van der Waals surface area contributed by atoms with Gasteiger partial charge in [-0.3, -0.25) is 0 Å². The van der Waals surface area contributed by atoms with Crippen molar-refractivity contribution >= 4 is 29.2 Å². The molecule has 1 N–H and O–H groups in total. The van der Waals surface area contributed by atoms with Gasteiger partial charge in [0, 0.05) is 6.42 Å². The number of benzene rings is 2. The normalized spacial score (nSPS) is 11.8. The first-order valence-corrected chi connectivity index (χ1v) is 7.24. The summed E-state index contributed by atoms with van der Waals surface area (Å²) in [7, 11) is 1.49. The molecule has 0 aliphatic rings. The van der Waals surface area contributed by atoms with Crippen LogP contribution in [0.5, 0.6) is 11.5 Å². The molecule has 0 aliphatic heterocycles. The van der Waals surface area contributed by atoms with Gasteiger partial charge in [-0.25, -0.2) is 4.79 Å². The Morgan fingerprint density at radius 2 is 1.82 bits per heavy atom. The Morgan fingerprint density at radius 3 is 2.45 bits per heavy atom. The van der Waals surface area contributed by atoms with Gasteiger partial charge in [-0.05, 0) is 23.8 Å². The van der Waals surface area contributed by atoms with Crippen molar-refractivity contribution in [2.24, 2.45) is 0 Å². The Bertz CT molecular complexity index is 673. The topological polar surface area (TPSA) is 55.8 Å². The molecule has 1 atom stereocenters. The summed E-state index contributed by atoms with van der Waals surface area (Å²) >= 11 is 12.0. The second-order valence-corrected chi connectivity index (χ2v) is 5.30. The maximum atomic E-state index is 11.5. The third-order valence-corrected chi connectivity index (χ3v) is 3.91. The van der Waals surface area contributed by atoms with Crippen LogP contribution < -0.4 is 9.47 Å². The molecular weight excluding hydrogens is 327 g/mol. The lowest BCUT2D eigenvalue weighted by atomic mass is 10.1. The molecule has 2 rings (SSSR count). The Balaban J connectivity index is 2.24. The minimum Gasteiger partial charge on any atom is -0.493 e. The van der Waals surface area contributed by atoms with E-state index in [9.17, 15) is 9.90 Å². The number of carboxylic acids is 1. The maximum absolute atomic E-state index is 11.5. The van der Waals surface area contributed by atoms with E-state index in [1.54, 1.807) is 42.5 Å². The lowest BCUT2D eigenvalue weighted by molar-refractivity contribution is -0.145. The van der Waals surface area contributed by atoms with Crippen LogP contribution in [0, 0.1) is 0 Å². The molecule has 0 saturated carbocycles. The Labute approximate surface area is 138 Å². The van der Waals surface area contributed by atoms with Gasteiger partial charge < -0.3 is 14.6 Å². The van der Waals surface area contributed by atoms with E-state index in [2.05, 4.69) is 0 Å². The highest BCUT2D eigenvalue weighted by atomic mass is 35.5. The Hall–Kier alpha value is -1.91. The molecule has 0 radical (unpaired) electrons. The summed E-state index contributed by atoms with van der Waals surface area (Å²) in [5, 5.41) is 10.1. The van der Waals surface area contributed by atoms with E-state index in [0.717, 1.165) is 0 Å². The number of halogens is 2. The monoisotopic (exact) mass is 340 g/mol. The highest BCUT2D eigenvalue weighted by Crippen LogP contribution is 2.30. The fraction of sp³-hybridized carbons (Fsp3) is 0.188. The summed E-state index contributed by atoms with van der Waals surface area (Å²) in [5.41, 5.74) is 0.608. The van der Waals surface area contributed by atoms with Gasteiger partial charge in [-0.1, -0.05) is 47.5 Å². The Kier molecular flexibility index (Phi) is 5.52. The first-order valence-electron chi connectivity index (χ1n) is 6.48. The van der Waals surface area contributed by atoms with E-state index >= 15 is 0 Å². The number of methoxy groups -OCH3 is 1. The van der Waals surface area contributed by atoms with Crippen LogP contribution in [-0.2, 0) is 11.2 Å². The van der Waals surface area contributed by atoms with Crippen molar-refractivity contribution in [2.75, 3.05) is 7.11 Å². The number of carboxylic acid groups (broad SMARTS) is 1. The second kappa shape index (κ2) is 7.38. The maximum Gasteiger partial charge on any atom is 0.345 e.